The first-order valence-corrected chi connectivity index (χ1v) is 19.1. The summed E-state index contributed by atoms with van der Waals surface area (Å²) in [5, 5.41) is 0. The molecule has 0 aliphatic heterocycles. The molecule has 0 aromatic rings. The third kappa shape index (κ3) is 29.8. The molecule has 248 valence electrons. The van der Waals surface area contributed by atoms with E-state index in [0.717, 1.165) is 60.6 Å². The Hall–Kier alpha value is -0.0400. The maximum atomic E-state index is 6.06. The van der Waals surface area contributed by atoms with Gasteiger partial charge in [-0.1, -0.05) is 185 Å². The van der Waals surface area contributed by atoms with Gasteiger partial charge in [-0.05, 0) is 60.2 Å². The monoisotopic (exact) mass is 579 g/mol. The molecule has 0 fully saturated rings. The fourth-order valence-corrected chi connectivity index (χ4v) is 6.55. The standard InChI is InChI=1S/C40H82O/c1-33(2)17-11-19-35(5)21-13-23-37(7)25-15-27-39(9)29-31-41-32-30-40(10)28-16-26-38(8)24-14-22-36(6)20-12-18-34(3)4/h33-40H,11-32H2,1-10H3. The molecule has 41 heavy (non-hydrogen) atoms. The summed E-state index contributed by atoms with van der Waals surface area (Å²) in [4.78, 5) is 0. The Balaban J connectivity index is 3.60. The Kier molecular flexibility index (Phi) is 27.5. The van der Waals surface area contributed by atoms with Gasteiger partial charge in [-0.15, -0.1) is 0 Å². The lowest BCUT2D eigenvalue weighted by atomic mass is 9.91. The Morgan fingerprint density at radius 1 is 0.268 bits per heavy atom. The van der Waals surface area contributed by atoms with Crippen LogP contribution < -0.4 is 0 Å². The Bertz CT molecular complexity index is 479. The summed E-state index contributed by atoms with van der Waals surface area (Å²) in [7, 11) is 0. The van der Waals surface area contributed by atoms with Crippen molar-refractivity contribution in [3.63, 3.8) is 0 Å². The summed E-state index contributed by atoms with van der Waals surface area (Å²) in [6.45, 7) is 26.1. The van der Waals surface area contributed by atoms with Crippen molar-refractivity contribution in [2.45, 2.75) is 198 Å². The molecule has 0 saturated carbocycles. The van der Waals surface area contributed by atoms with E-state index >= 15 is 0 Å². The summed E-state index contributed by atoms with van der Waals surface area (Å²) >= 11 is 0. The van der Waals surface area contributed by atoms with E-state index in [1.165, 1.54) is 128 Å². The van der Waals surface area contributed by atoms with Crippen molar-refractivity contribution in [2.24, 2.45) is 47.3 Å². The van der Waals surface area contributed by atoms with Gasteiger partial charge in [0.1, 0.15) is 0 Å². The van der Waals surface area contributed by atoms with E-state index in [2.05, 4.69) is 69.2 Å². The van der Waals surface area contributed by atoms with Crippen molar-refractivity contribution in [1.29, 1.82) is 0 Å². The molecule has 0 aromatic carbocycles. The first kappa shape index (κ1) is 41.0. The molecule has 1 heteroatoms. The average Bonchev–Trinajstić information content (AvgIpc) is 2.88. The molecule has 6 atom stereocenters. The molecule has 0 heterocycles. The van der Waals surface area contributed by atoms with Crippen molar-refractivity contribution >= 4 is 0 Å². The van der Waals surface area contributed by atoms with Gasteiger partial charge in [0.25, 0.3) is 0 Å². The van der Waals surface area contributed by atoms with Crippen LogP contribution in [-0.4, -0.2) is 13.2 Å². The van der Waals surface area contributed by atoms with E-state index < -0.39 is 0 Å². The van der Waals surface area contributed by atoms with Gasteiger partial charge in [-0.2, -0.15) is 0 Å². The van der Waals surface area contributed by atoms with Crippen LogP contribution in [0.15, 0.2) is 0 Å². The summed E-state index contributed by atoms with van der Waals surface area (Å²) in [5.41, 5.74) is 0. The molecule has 1 nitrogen and oxygen atoms in total. The van der Waals surface area contributed by atoms with Crippen LogP contribution in [0.2, 0.25) is 0 Å². The molecule has 0 spiro atoms. The maximum Gasteiger partial charge on any atom is 0.0468 e. The van der Waals surface area contributed by atoms with Gasteiger partial charge in [0, 0.05) is 13.2 Å². The van der Waals surface area contributed by atoms with Crippen LogP contribution >= 0.6 is 0 Å². The van der Waals surface area contributed by atoms with Crippen LogP contribution in [0, 0.1) is 47.3 Å². The molecular weight excluding hydrogens is 496 g/mol. The molecular formula is C40H82O. The molecule has 0 aliphatic carbocycles. The fraction of sp³-hybridized carbons (Fsp3) is 1.00. The third-order valence-electron chi connectivity index (χ3n) is 10.0. The van der Waals surface area contributed by atoms with Gasteiger partial charge in [0.15, 0.2) is 0 Å². The van der Waals surface area contributed by atoms with Crippen molar-refractivity contribution in [2.75, 3.05) is 13.2 Å². The van der Waals surface area contributed by atoms with Crippen LogP contribution in [0.5, 0.6) is 0 Å². The zero-order valence-corrected chi connectivity index (χ0v) is 30.6. The van der Waals surface area contributed by atoms with E-state index in [1.54, 1.807) is 0 Å². The van der Waals surface area contributed by atoms with Crippen LogP contribution in [0.25, 0.3) is 0 Å². The van der Waals surface area contributed by atoms with E-state index in [0.29, 0.717) is 0 Å². The molecule has 0 bridgehead atoms. The molecule has 0 amide bonds. The van der Waals surface area contributed by atoms with Crippen molar-refractivity contribution in [3.8, 4) is 0 Å². The smallest absolute Gasteiger partial charge is 0.0468 e. The van der Waals surface area contributed by atoms with E-state index in [4.69, 9.17) is 4.74 Å². The second-order valence-corrected chi connectivity index (χ2v) is 16.2. The lowest BCUT2D eigenvalue weighted by Crippen LogP contribution is -2.07. The highest BCUT2D eigenvalue weighted by Gasteiger charge is 2.10. The van der Waals surface area contributed by atoms with Crippen molar-refractivity contribution in [3.05, 3.63) is 0 Å². The lowest BCUT2D eigenvalue weighted by Gasteiger charge is -2.17. The van der Waals surface area contributed by atoms with Gasteiger partial charge in [0.2, 0.25) is 0 Å². The van der Waals surface area contributed by atoms with Crippen LogP contribution in [0.3, 0.4) is 0 Å². The van der Waals surface area contributed by atoms with Crippen LogP contribution in [-0.2, 0) is 4.74 Å². The summed E-state index contributed by atoms with van der Waals surface area (Å²) in [6.07, 6.45) is 28.0. The quantitative estimate of drug-likeness (QED) is 0.0770. The highest BCUT2D eigenvalue weighted by molar-refractivity contribution is 4.63. The topological polar surface area (TPSA) is 9.23 Å². The number of rotatable bonds is 30. The van der Waals surface area contributed by atoms with Crippen molar-refractivity contribution in [1.82, 2.24) is 0 Å². The Morgan fingerprint density at radius 2 is 0.463 bits per heavy atom. The van der Waals surface area contributed by atoms with Crippen molar-refractivity contribution < 1.29 is 4.74 Å². The van der Waals surface area contributed by atoms with Gasteiger partial charge in [-0.3, -0.25) is 0 Å². The summed E-state index contributed by atoms with van der Waals surface area (Å²) in [6, 6.07) is 0. The number of ether oxygens (including phenoxy) is 1. The normalized spacial score (nSPS) is 16.7. The first-order chi connectivity index (χ1) is 19.5. The van der Waals surface area contributed by atoms with Gasteiger partial charge < -0.3 is 4.74 Å². The average molecular weight is 579 g/mol. The molecule has 0 aromatic heterocycles. The Labute approximate surface area is 262 Å². The minimum atomic E-state index is 0.810. The maximum absolute atomic E-state index is 6.06. The largest absolute Gasteiger partial charge is 0.381 e. The summed E-state index contributed by atoms with van der Waals surface area (Å²) in [5.74, 6) is 7.00. The highest BCUT2D eigenvalue weighted by Crippen LogP contribution is 2.24. The van der Waals surface area contributed by atoms with Gasteiger partial charge >= 0.3 is 0 Å². The molecule has 0 N–H and O–H groups in total. The Morgan fingerprint density at radius 3 is 0.683 bits per heavy atom. The molecule has 0 radical (unpaired) electrons. The van der Waals surface area contributed by atoms with E-state index in [-0.39, 0.29) is 0 Å². The van der Waals surface area contributed by atoms with E-state index in [1.807, 2.05) is 0 Å². The molecule has 6 unspecified atom stereocenters. The second kappa shape index (κ2) is 27.5. The third-order valence-corrected chi connectivity index (χ3v) is 10.0. The number of hydrogen-bond acceptors (Lipinski definition) is 1. The minimum Gasteiger partial charge on any atom is -0.381 e. The minimum absolute atomic E-state index is 0.810. The SMILES string of the molecule is CC(C)CCCC(C)CCCC(C)CCCC(C)CCOCCC(C)CCCC(C)CCCC(C)CCCC(C)C. The molecule has 0 aliphatic rings. The molecule has 0 rings (SSSR count). The van der Waals surface area contributed by atoms with Crippen LogP contribution in [0.4, 0.5) is 0 Å². The highest BCUT2D eigenvalue weighted by atomic mass is 16.5. The van der Waals surface area contributed by atoms with Crippen LogP contribution in [0.1, 0.15) is 198 Å². The zero-order valence-electron chi connectivity index (χ0n) is 30.6. The lowest BCUT2D eigenvalue weighted by molar-refractivity contribution is 0.108. The summed E-state index contributed by atoms with van der Waals surface area (Å²) < 4.78 is 6.06. The first-order valence-electron chi connectivity index (χ1n) is 19.1. The number of hydrogen-bond donors (Lipinski definition) is 0. The predicted octanol–water partition coefficient (Wildman–Crippen LogP) is 13.9. The van der Waals surface area contributed by atoms with Gasteiger partial charge in [0.05, 0.1) is 0 Å². The second-order valence-electron chi connectivity index (χ2n) is 16.2. The predicted molar refractivity (Wildman–Crippen MR) is 188 cm³/mol. The zero-order chi connectivity index (χ0) is 30.9. The van der Waals surface area contributed by atoms with E-state index in [9.17, 15) is 0 Å². The van der Waals surface area contributed by atoms with Gasteiger partial charge in [-0.25, -0.2) is 0 Å². The fourth-order valence-electron chi connectivity index (χ4n) is 6.55. The molecule has 0 saturated heterocycles.